The van der Waals surface area contributed by atoms with E-state index < -0.39 is 0 Å². The molecule has 1 atom stereocenters. The minimum atomic E-state index is 0.266. The summed E-state index contributed by atoms with van der Waals surface area (Å²) in [5.74, 6) is 7.28. The van der Waals surface area contributed by atoms with Crippen LogP contribution in [0.1, 0.15) is 31.2 Å². The molecule has 4 nitrogen and oxygen atoms in total. The van der Waals surface area contributed by atoms with E-state index in [0.29, 0.717) is 5.82 Å². The van der Waals surface area contributed by atoms with Crippen molar-refractivity contribution >= 4 is 17.6 Å². The van der Waals surface area contributed by atoms with E-state index in [2.05, 4.69) is 10.4 Å². The number of anilines is 1. The molecule has 2 rings (SSSR count). The molecule has 0 spiro atoms. The van der Waals surface area contributed by atoms with Crippen LogP contribution in [-0.4, -0.2) is 22.0 Å². The van der Waals surface area contributed by atoms with Crippen molar-refractivity contribution in [2.75, 3.05) is 11.5 Å². The highest BCUT2D eigenvalue weighted by molar-refractivity contribution is 7.99. The molecule has 18 heavy (non-hydrogen) atoms. The number of rotatable bonds is 6. The third-order valence-electron chi connectivity index (χ3n) is 3.46. The number of pyridine rings is 1. The Morgan fingerprint density at radius 3 is 2.89 bits per heavy atom. The molecule has 0 bridgehead atoms. The van der Waals surface area contributed by atoms with Crippen LogP contribution in [0.5, 0.6) is 0 Å². The zero-order valence-electron chi connectivity index (χ0n) is 10.6. The summed E-state index contributed by atoms with van der Waals surface area (Å²) in [7, 11) is 0. The Bertz CT molecular complexity index is 366. The molecular formula is C13H22N4S. The largest absolute Gasteiger partial charge is 0.383 e. The van der Waals surface area contributed by atoms with Gasteiger partial charge in [0.05, 0.1) is 0 Å². The summed E-state index contributed by atoms with van der Waals surface area (Å²) in [5.41, 5.74) is 9.83. The lowest BCUT2D eigenvalue weighted by Gasteiger charge is -2.18. The lowest BCUT2D eigenvalue weighted by Crippen LogP contribution is -2.39. The van der Waals surface area contributed by atoms with Gasteiger partial charge in [-0.1, -0.05) is 18.9 Å². The number of nitrogens with one attached hydrogen (secondary N) is 1. The Morgan fingerprint density at radius 2 is 2.22 bits per heavy atom. The third kappa shape index (κ3) is 3.86. The maximum atomic E-state index is 5.86. The van der Waals surface area contributed by atoms with E-state index in [9.17, 15) is 0 Å². The van der Waals surface area contributed by atoms with Gasteiger partial charge in [0.1, 0.15) is 5.82 Å². The molecule has 1 unspecified atom stereocenters. The second-order valence-corrected chi connectivity index (χ2v) is 6.19. The van der Waals surface area contributed by atoms with Crippen molar-refractivity contribution in [3.63, 3.8) is 0 Å². The average Bonchev–Trinajstić information content (AvgIpc) is 2.90. The fraction of sp³-hybridized carbons (Fsp3) is 0.615. The van der Waals surface area contributed by atoms with Gasteiger partial charge < -0.3 is 5.73 Å². The van der Waals surface area contributed by atoms with Crippen molar-refractivity contribution in [1.29, 1.82) is 0 Å². The van der Waals surface area contributed by atoms with Crippen molar-refractivity contribution in [3.8, 4) is 0 Å². The molecule has 0 aliphatic heterocycles. The summed E-state index contributed by atoms with van der Waals surface area (Å²) in [6.45, 7) is 0. The second kappa shape index (κ2) is 6.97. The first-order chi connectivity index (χ1) is 8.79. The molecule has 5 N–H and O–H groups in total. The summed E-state index contributed by atoms with van der Waals surface area (Å²) in [4.78, 5) is 4.11. The number of hydrazine groups is 1. The number of nitrogen functional groups attached to an aromatic ring is 1. The molecular weight excluding hydrogens is 244 g/mol. The van der Waals surface area contributed by atoms with Crippen molar-refractivity contribution < 1.29 is 0 Å². The molecule has 1 aliphatic carbocycles. The lowest BCUT2D eigenvalue weighted by molar-refractivity contribution is 0.574. The smallest absolute Gasteiger partial charge is 0.126 e. The summed E-state index contributed by atoms with van der Waals surface area (Å²) in [5, 5.41) is 0.826. The zero-order chi connectivity index (χ0) is 12.8. The van der Waals surface area contributed by atoms with E-state index in [1.54, 1.807) is 6.20 Å². The van der Waals surface area contributed by atoms with Gasteiger partial charge in [-0.25, -0.2) is 4.98 Å². The normalized spacial score (nSPS) is 18.1. The summed E-state index contributed by atoms with van der Waals surface area (Å²) in [6, 6.07) is 4.21. The van der Waals surface area contributed by atoms with Crippen LogP contribution in [0.2, 0.25) is 0 Å². The van der Waals surface area contributed by atoms with Crippen LogP contribution in [0.25, 0.3) is 0 Å². The first-order valence-electron chi connectivity index (χ1n) is 6.56. The molecule has 0 amide bonds. The van der Waals surface area contributed by atoms with Crippen molar-refractivity contribution in [2.24, 2.45) is 5.84 Å². The Kier molecular flexibility index (Phi) is 5.28. The lowest BCUT2D eigenvalue weighted by atomic mass is 10.1. The van der Waals surface area contributed by atoms with Crippen molar-refractivity contribution in [2.45, 2.75) is 43.4 Å². The Morgan fingerprint density at radius 1 is 1.44 bits per heavy atom. The SMILES string of the molecule is NNC(CSC1CCCC1)Cc1cccnc1N. The maximum Gasteiger partial charge on any atom is 0.126 e. The number of thioether (sulfide) groups is 1. The van der Waals surface area contributed by atoms with Crippen LogP contribution in [0, 0.1) is 0 Å². The van der Waals surface area contributed by atoms with Gasteiger partial charge >= 0.3 is 0 Å². The van der Waals surface area contributed by atoms with Crippen molar-refractivity contribution in [3.05, 3.63) is 23.9 Å². The number of hydrogen-bond acceptors (Lipinski definition) is 5. The van der Waals surface area contributed by atoms with E-state index >= 15 is 0 Å². The van der Waals surface area contributed by atoms with Crippen LogP contribution >= 0.6 is 11.8 Å². The highest BCUT2D eigenvalue weighted by atomic mass is 32.2. The predicted molar refractivity (Wildman–Crippen MR) is 78.2 cm³/mol. The van der Waals surface area contributed by atoms with Gasteiger partial charge in [0.2, 0.25) is 0 Å². The summed E-state index contributed by atoms with van der Waals surface area (Å²) in [6.07, 6.45) is 8.04. The van der Waals surface area contributed by atoms with Crippen LogP contribution < -0.4 is 17.0 Å². The molecule has 1 heterocycles. The molecule has 1 aromatic rings. The van der Waals surface area contributed by atoms with E-state index in [0.717, 1.165) is 23.0 Å². The molecule has 0 radical (unpaired) electrons. The monoisotopic (exact) mass is 266 g/mol. The fourth-order valence-electron chi connectivity index (χ4n) is 2.36. The van der Waals surface area contributed by atoms with Gasteiger partial charge in [0, 0.05) is 23.2 Å². The van der Waals surface area contributed by atoms with Gasteiger partial charge in [-0.2, -0.15) is 11.8 Å². The Labute approximate surface area is 113 Å². The molecule has 0 aromatic carbocycles. The fourth-order valence-corrected chi connectivity index (χ4v) is 3.75. The van der Waals surface area contributed by atoms with Crippen LogP contribution in [0.3, 0.4) is 0 Å². The first-order valence-corrected chi connectivity index (χ1v) is 7.61. The van der Waals surface area contributed by atoms with Crippen LogP contribution in [-0.2, 0) is 6.42 Å². The number of nitrogens with zero attached hydrogens (tertiary/aromatic N) is 1. The Balaban J connectivity index is 1.83. The third-order valence-corrected chi connectivity index (χ3v) is 5.00. The quantitative estimate of drug-likeness (QED) is 0.540. The van der Waals surface area contributed by atoms with Crippen LogP contribution in [0.15, 0.2) is 18.3 Å². The van der Waals surface area contributed by atoms with Gasteiger partial charge in [-0.05, 0) is 30.9 Å². The maximum absolute atomic E-state index is 5.86. The standard InChI is InChI=1S/C13H22N4S/c14-13-10(4-3-7-16-13)8-11(17-15)9-18-12-5-1-2-6-12/h3-4,7,11-12,17H,1-2,5-6,8-9,15H2,(H2,14,16). The molecule has 0 saturated heterocycles. The number of hydrogen-bond donors (Lipinski definition) is 3. The summed E-state index contributed by atoms with van der Waals surface area (Å²) < 4.78 is 0. The van der Waals surface area contributed by atoms with E-state index in [1.807, 2.05) is 23.9 Å². The van der Waals surface area contributed by atoms with Crippen molar-refractivity contribution in [1.82, 2.24) is 10.4 Å². The first kappa shape index (κ1) is 13.6. The van der Waals surface area contributed by atoms with E-state index in [1.165, 1.54) is 25.7 Å². The molecule has 1 fully saturated rings. The Hall–Kier alpha value is -0.780. The molecule has 1 saturated carbocycles. The predicted octanol–water partition coefficient (Wildman–Crippen LogP) is 1.71. The van der Waals surface area contributed by atoms with E-state index in [-0.39, 0.29) is 6.04 Å². The average molecular weight is 266 g/mol. The molecule has 100 valence electrons. The highest BCUT2D eigenvalue weighted by Gasteiger charge is 2.18. The minimum Gasteiger partial charge on any atom is -0.383 e. The van der Waals surface area contributed by atoms with Gasteiger partial charge in [-0.3, -0.25) is 11.3 Å². The highest BCUT2D eigenvalue weighted by Crippen LogP contribution is 2.30. The van der Waals surface area contributed by atoms with Gasteiger partial charge in [0.15, 0.2) is 0 Å². The molecule has 1 aliphatic rings. The second-order valence-electron chi connectivity index (χ2n) is 4.86. The minimum absolute atomic E-state index is 0.266. The zero-order valence-corrected chi connectivity index (χ0v) is 11.5. The van der Waals surface area contributed by atoms with Gasteiger partial charge in [0.25, 0.3) is 0 Å². The molecule has 1 aromatic heterocycles. The van der Waals surface area contributed by atoms with Gasteiger partial charge in [-0.15, -0.1) is 0 Å². The molecule has 5 heteroatoms. The number of nitrogens with two attached hydrogens (primary N) is 2. The topological polar surface area (TPSA) is 77.0 Å². The number of aromatic nitrogens is 1. The van der Waals surface area contributed by atoms with E-state index in [4.69, 9.17) is 11.6 Å². The van der Waals surface area contributed by atoms with Crippen LogP contribution in [0.4, 0.5) is 5.82 Å². The summed E-state index contributed by atoms with van der Waals surface area (Å²) >= 11 is 2.04.